The maximum atomic E-state index is 13.5. The van der Waals surface area contributed by atoms with Gasteiger partial charge < -0.3 is 4.90 Å². The molecule has 0 aliphatic heterocycles. The van der Waals surface area contributed by atoms with Crippen LogP contribution in [0.3, 0.4) is 0 Å². The molecule has 1 heterocycles. The number of carbonyl (C=O) groups is 1. The number of allylic oxidation sites excluding steroid dienone is 2. The lowest BCUT2D eigenvalue weighted by molar-refractivity contribution is -0.669. The van der Waals surface area contributed by atoms with Gasteiger partial charge in [-0.15, -0.1) is 0 Å². The van der Waals surface area contributed by atoms with E-state index in [9.17, 15) is 4.79 Å². The highest BCUT2D eigenvalue weighted by molar-refractivity contribution is 6.24. The van der Waals surface area contributed by atoms with Crippen LogP contribution < -0.4 is 9.47 Å². The average molecular weight is 418 g/mol. The van der Waals surface area contributed by atoms with Crippen LogP contribution in [0.4, 0.5) is 11.4 Å². The predicted octanol–water partition coefficient (Wildman–Crippen LogP) is 6.23. The minimum absolute atomic E-state index is 0.0750. The lowest BCUT2D eigenvalue weighted by atomic mass is 9.84. The Kier molecular flexibility index (Phi) is 5.16. The Hall–Kier alpha value is -3.98. The average Bonchev–Trinajstić information content (AvgIpc) is 2.86. The molecular formula is C29H25N2O+. The van der Waals surface area contributed by atoms with Gasteiger partial charge in [-0.05, 0) is 55.8 Å². The Morgan fingerprint density at radius 2 is 1.38 bits per heavy atom. The highest BCUT2D eigenvalue weighted by Gasteiger charge is 2.36. The SMILES string of the molecule is CC[n+]1c(C=C2C(=O)C(N(c3ccccc3)c3ccccc3)=C2C)ccc2ccccc21. The van der Waals surface area contributed by atoms with Crippen LogP contribution in [0.15, 0.2) is 114 Å². The molecule has 1 aliphatic carbocycles. The number of hydrogen-bond acceptors (Lipinski definition) is 2. The van der Waals surface area contributed by atoms with Crippen LogP contribution in [-0.4, -0.2) is 5.78 Å². The van der Waals surface area contributed by atoms with Crippen LogP contribution in [0.2, 0.25) is 0 Å². The molecule has 0 N–H and O–H groups in total. The summed E-state index contributed by atoms with van der Waals surface area (Å²) in [5.74, 6) is 0.0750. The van der Waals surface area contributed by atoms with Crippen LogP contribution in [-0.2, 0) is 11.3 Å². The zero-order valence-electron chi connectivity index (χ0n) is 18.3. The predicted molar refractivity (Wildman–Crippen MR) is 131 cm³/mol. The van der Waals surface area contributed by atoms with Crippen LogP contribution >= 0.6 is 0 Å². The summed E-state index contributed by atoms with van der Waals surface area (Å²) in [5, 5.41) is 1.20. The number of aryl methyl sites for hydroxylation is 1. The molecular weight excluding hydrogens is 392 g/mol. The van der Waals surface area contributed by atoms with Gasteiger partial charge in [0.25, 0.3) is 0 Å². The van der Waals surface area contributed by atoms with Crippen molar-refractivity contribution in [1.82, 2.24) is 0 Å². The van der Waals surface area contributed by atoms with Crippen LogP contribution in [0, 0.1) is 0 Å². The molecule has 0 atom stereocenters. The number of para-hydroxylation sites is 3. The van der Waals surface area contributed by atoms with Gasteiger partial charge in [0.2, 0.25) is 17.0 Å². The molecule has 0 saturated heterocycles. The fourth-order valence-electron chi connectivity index (χ4n) is 4.44. The van der Waals surface area contributed by atoms with Crippen molar-refractivity contribution in [3.8, 4) is 0 Å². The van der Waals surface area contributed by atoms with Gasteiger partial charge in [0.15, 0.2) is 0 Å². The number of carbonyl (C=O) groups excluding carboxylic acids is 1. The summed E-state index contributed by atoms with van der Waals surface area (Å²) < 4.78 is 2.26. The molecule has 4 aromatic rings. The molecule has 0 fully saturated rings. The minimum atomic E-state index is 0.0750. The number of Topliss-reactive ketones (excluding diaryl/α,β-unsaturated/α-hetero) is 1. The quantitative estimate of drug-likeness (QED) is 0.284. The van der Waals surface area contributed by atoms with Crippen molar-refractivity contribution >= 4 is 34.1 Å². The number of ketones is 1. The summed E-state index contributed by atoms with van der Waals surface area (Å²) in [7, 11) is 0. The largest absolute Gasteiger partial charge is 0.307 e. The van der Waals surface area contributed by atoms with Crippen molar-refractivity contribution in [1.29, 1.82) is 0 Å². The van der Waals surface area contributed by atoms with E-state index in [1.807, 2.05) is 73.7 Å². The molecule has 1 aliphatic rings. The number of rotatable bonds is 5. The number of benzene rings is 3. The van der Waals surface area contributed by atoms with E-state index in [-0.39, 0.29) is 5.78 Å². The third kappa shape index (κ3) is 3.32. The van der Waals surface area contributed by atoms with E-state index in [0.29, 0.717) is 0 Å². The normalized spacial score (nSPS) is 14.7. The van der Waals surface area contributed by atoms with Gasteiger partial charge in [-0.25, -0.2) is 0 Å². The topological polar surface area (TPSA) is 24.2 Å². The third-order valence-corrected chi connectivity index (χ3v) is 6.05. The standard InChI is InChI=1S/C29H25N2O/c1-3-30-25(19-18-22-12-10-11-17-27(22)30)20-26-21(2)28(29(26)32)31(23-13-6-4-7-14-23)24-15-8-5-9-16-24/h4-20H,3H2,1-2H3/q+1. The molecule has 156 valence electrons. The summed E-state index contributed by atoms with van der Waals surface area (Å²) >= 11 is 0. The van der Waals surface area contributed by atoms with Gasteiger partial charge in [0, 0.05) is 40.5 Å². The van der Waals surface area contributed by atoms with Gasteiger partial charge >= 0.3 is 0 Å². The Balaban J connectivity index is 1.62. The molecule has 3 nitrogen and oxygen atoms in total. The fraction of sp³-hybridized carbons (Fsp3) is 0.103. The van der Waals surface area contributed by atoms with E-state index in [4.69, 9.17) is 0 Å². The summed E-state index contributed by atoms with van der Waals surface area (Å²) in [6, 6.07) is 32.7. The first kappa shape index (κ1) is 20.0. The number of fused-ring (bicyclic) bond motifs is 1. The Labute approximate surface area is 188 Å². The number of aromatic nitrogens is 1. The van der Waals surface area contributed by atoms with E-state index >= 15 is 0 Å². The maximum Gasteiger partial charge on any atom is 0.212 e. The summed E-state index contributed by atoms with van der Waals surface area (Å²) in [6.45, 7) is 5.01. The van der Waals surface area contributed by atoms with E-state index in [1.165, 1.54) is 10.9 Å². The zero-order chi connectivity index (χ0) is 22.1. The number of pyridine rings is 1. The lowest BCUT2D eigenvalue weighted by Crippen LogP contribution is -2.38. The van der Waals surface area contributed by atoms with E-state index in [2.05, 4.69) is 52.8 Å². The van der Waals surface area contributed by atoms with Gasteiger partial charge in [0.05, 0.1) is 5.70 Å². The first-order valence-electron chi connectivity index (χ1n) is 11.0. The van der Waals surface area contributed by atoms with Crippen molar-refractivity contribution in [2.24, 2.45) is 0 Å². The molecule has 3 heteroatoms. The van der Waals surface area contributed by atoms with E-state index in [0.717, 1.165) is 40.5 Å². The second-order valence-corrected chi connectivity index (χ2v) is 7.93. The third-order valence-electron chi connectivity index (χ3n) is 6.05. The summed E-state index contributed by atoms with van der Waals surface area (Å²) in [6.07, 6.45) is 2.03. The van der Waals surface area contributed by atoms with Gasteiger partial charge in [-0.2, -0.15) is 4.57 Å². The monoisotopic (exact) mass is 417 g/mol. The van der Waals surface area contributed by atoms with E-state index in [1.54, 1.807) is 0 Å². The van der Waals surface area contributed by atoms with Crippen LogP contribution in [0.25, 0.3) is 17.0 Å². The highest BCUT2D eigenvalue weighted by Crippen LogP contribution is 2.40. The second kappa shape index (κ2) is 8.27. The van der Waals surface area contributed by atoms with Crippen molar-refractivity contribution in [2.45, 2.75) is 20.4 Å². The summed E-state index contributed by atoms with van der Waals surface area (Å²) in [5.41, 5.74) is 6.70. The fourth-order valence-corrected chi connectivity index (χ4v) is 4.44. The Bertz CT molecular complexity index is 1330. The Morgan fingerprint density at radius 1 is 0.781 bits per heavy atom. The molecule has 3 aromatic carbocycles. The molecule has 0 unspecified atom stereocenters. The molecule has 32 heavy (non-hydrogen) atoms. The molecule has 1 aromatic heterocycles. The van der Waals surface area contributed by atoms with Gasteiger partial charge in [-0.3, -0.25) is 4.79 Å². The second-order valence-electron chi connectivity index (χ2n) is 7.93. The minimum Gasteiger partial charge on any atom is -0.307 e. The number of nitrogens with zero attached hydrogens (tertiary/aromatic N) is 2. The highest BCUT2D eigenvalue weighted by atomic mass is 16.1. The van der Waals surface area contributed by atoms with Gasteiger partial charge in [-0.1, -0.05) is 48.5 Å². The van der Waals surface area contributed by atoms with Crippen LogP contribution in [0.1, 0.15) is 19.5 Å². The van der Waals surface area contributed by atoms with Crippen molar-refractivity contribution < 1.29 is 9.36 Å². The first-order valence-corrected chi connectivity index (χ1v) is 11.0. The first-order chi connectivity index (χ1) is 15.7. The van der Waals surface area contributed by atoms with Crippen molar-refractivity contribution in [3.05, 3.63) is 120 Å². The van der Waals surface area contributed by atoms with E-state index < -0.39 is 0 Å². The lowest BCUT2D eigenvalue weighted by Gasteiger charge is -2.34. The molecule has 0 saturated carbocycles. The number of hydrogen-bond donors (Lipinski definition) is 0. The van der Waals surface area contributed by atoms with Crippen LogP contribution in [0.5, 0.6) is 0 Å². The van der Waals surface area contributed by atoms with Crippen molar-refractivity contribution in [2.75, 3.05) is 4.90 Å². The zero-order valence-corrected chi connectivity index (χ0v) is 18.3. The molecule has 0 amide bonds. The molecule has 0 radical (unpaired) electrons. The van der Waals surface area contributed by atoms with Gasteiger partial charge in [0.1, 0.15) is 6.54 Å². The number of anilines is 2. The maximum absolute atomic E-state index is 13.5. The Morgan fingerprint density at radius 3 is 1.97 bits per heavy atom. The van der Waals surface area contributed by atoms with Crippen molar-refractivity contribution in [3.63, 3.8) is 0 Å². The smallest absolute Gasteiger partial charge is 0.212 e. The molecule has 0 spiro atoms. The summed E-state index contributed by atoms with van der Waals surface area (Å²) in [4.78, 5) is 15.5. The molecule has 5 rings (SSSR count). The molecule has 0 bridgehead atoms.